The number of nitrogens with one attached hydrogen (secondary N) is 1. The highest BCUT2D eigenvalue weighted by Gasteiger charge is 2.20. The standard InChI is InChI=1S/C28H30N4O/c1-20-6-4-7-22(18-20)28(33)29-25-19-21(10-11-27(25)32-16-14-30(2)15-17-32)23-8-5-9-26-24(23)12-13-31(26)3/h4-13,18-19H,14-17H2,1-3H3,(H,29,33). The van der Waals surface area contributed by atoms with E-state index in [1.807, 2.05) is 31.2 Å². The van der Waals surface area contributed by atoms with Crippen molar-refractivity contribution in [2.45, 2.75) is 6.92 Å². The van der Waals surface area contributed by atoms with Gasteiger partial charge < -0.3 is 19.7 Å². The van der Waals surface area contributed by atoms with E-state index in [9.17, 15) is 4.79 Å². The first kappa shape index (κ1) is 21.3. The zero-order valence-electron chi connectivity index (χ0n) is 19.5. The van der Waals surface area contributed by atoms with Crippen molar-refractivity contribution < 1.29 is 4.79 Å². The van der Waals surface area contributed by atoms with E-state index < -0.39 is 0 Å². The second-order valence-corrected chi connectivity index (χ2v) is 9.01. The summed E-state index contributed by atoms with van der Waals surface area (Å²) >= 11 is 0. The minimum Gasteiger partial charge on any atom is -0.367 e. The number of hydrogen-bond acceptors (Lipinski definition) is 3. The van der Waals surface area contributed by atoms with Crippen LogP contribution in [0.25, 0.3) is 22.0 Å². The van der Waals surface area contributed by atoms with Gasteiger partial charge in [0.05, 0.1) is 11.4 Å². The van der Waals surface area contributed by atoms with Crippen LogP contribution in [0.5, 0.6) is 0 Å². The summed E-state index contributed by atoms with van der Waals surface area (Å²) in [4.78, 5) is 17.9. The van der Waals surface area contributed by atoms with E-state index >= 15 is 0 Å². The van der Waals surface area contributed by atoms with Crippen LogP contribution in [-0.2, 0) is 7.05 Å². The fourth-order valence-corrected chi connectivity index (χ4v) is 4.66. The molecule has 5 nitrogen and oxygen atoms in total. The van der Waals surface area contributed by atoms with Crippen molar-refractivity contribution in [2.75, 3.05) is 43.4 Å². The molecular formula is C28H30N4O. The predicted octanol–water partition coefficient (Wildman–Crippen LogP) is 5.16. The minimum atomic E-state index is -0.0795. The molecule has 5 rings (SSSR count). The van der Waals surface area contributed by atoms with Crippen LogP contribution in [0.2, 0.25) is 0 Å². The molecular weight excluding hydrogens is 408 g/mol. The second-order valence-electron chi connectivity index (χ2n) is 9.01. The van der Waals surface area contributed by atoms with Gasteiger partial charge in [-0.15, -0.1) is 0 Å². The van der Waals surface area contributed by atoms with Crippen LogP contribution in [0.3, 0.4) is 0 Å². The van der Waals surface area contributed by atoms with Crippen molar-refractivity contribution in [3.63, 3.8) is 0 Å². The molecule has 1 aromatic heterocycles. The quantitative estimate of drug-likeness (QED) is 0.479. The first-order valence-electron chi connectivity index (χ1n) is 11.5. The van der Waals surface area contributed by atoms with E-state index in [2.05, 4.69) is 82.4 Å². The second kappa shape index (κ2) is 8.75. The molecule has 0 spiro atoms. The summed E-state index contributed by atoms with van der Waals surface area (Å²) in [5, 5.41) is 4.44. The monoisotopic (exact) mass is 438 g/mol. The largest absolute Gasteiger partial charge is 0.367 e. The summed E-state index contributed by atoms with van der Waals surface area (Å²) in [7, 11) is 4.22. The SMILES string of the molecule is Cc1cccc(C(=O)Nc2cc(-c3cccc4c3ccn4C)ccc2N2CCN(C)CC2)c1. The van der Waals surface area contributed by atoms with Crippen molar-refractivity contribution in [3.8, 4) is 11.1 Å². The van der Waals surface area contributed by atoms with Crippen molar-refractivity contribution in [3.05, 3.63) is 84.1 Å². The van der Waals surface area contributed by atoms with Crippen molar-refractivity contribution in [1.29, 1.82) is 0 Å². The van der Waals surface area contributed by atoms with E-state index in [0.717, 1.165) is 48.7 Å². The first-order chi connectivity index (χ1) is 16.0. The number of aromatic nitrogens is 1. The fraction of sp³-hybridized carbons (Fsp3) is 0.250. The maximum absolute atomic E-state index is 13.2. The van der Waals surface area contributed by atoms with E-state index in [1.54, 1.807) is 0 Å². The number of amides is 1. The average Bonchev–Trinajstić information content (AvgIpc) is 3.21. The molecule has 1 aliphatic rings. The molecule has 1 aliphatic heterocycles. The summed E-state index contributed by atoms with van der Waals surface area (Å²) < 4.78 is 2.14. The molecule has 3 aromatic carbocycles. The molecule has 0 atom stereocenters. The lowest BCUT2D eigenvalue weighted by Gasteiger charge is -2.35. The maximum atomic E-state index is 13.2. The minimum absolute atomic E-state index is 0.0795. The number of anilines is 2. The van der Waals surface area contributed by atoms with E-state index in [-0.39, 0.29) is 5.91 Å². The maximum Gasteiger partial charge on any atom is 0.255 e. The fourth-order valence-electron chi connectivity index (χ4n) is 4.66. The Balaban J connectivity index is 1.56. The number of rotatable bonds is 4. The normalized spacial score (nSPS) is 14.6. The summed E-state index contributed by atoms with van der Waals surface area (Å²) in [6.07, 6.45) is 2.09. The lowest BCUT2D eigenvalue weighted by molar-refractivity contribution is 0.102. The van der Waals surface area contributed by atoms with Crippen LogP contribution in [0.1, 0.15) is 15.9 Å². The Morgan fingerprint density at radius 2 is 1.67 bits per heavy atom. The number of carbonyl (C=O) groups excluding carboxylic acids is 1. The van der Waals surface area contributed by atoms with Crippen LogP contribution >= 0.6 is 0 Å². The molecule has 0 unspecified atom stereocenters. The predicted molar refractivity (Wildman–Crippen MR) is 137 cm³/mol. The van der Waals surface area contributed by atoms with Gasteiger partial charge in [-0.05, 0) is 61.5 Å². The van der Waals surface area contributed by atoms with Gasteiger partial charge >= 0.3 is 0 Å². The molecule has 0 aliphatic carbocycles. The molecule has 0 radical (unpaired) electrons. The highest BCUT2D eigenvalue weighted by atomic mass is 16.1. The van der Waals surface area contributed by atoms with Crippen LogP contribution < -0.4 is 10.2 Å². The molecule has 1 amide bonds. The Bertz CT molecular complexity index is 1310. The number of hydrogen-bond donors (Lipinski definition) is 1. The molecule has 2 heterocycles. The van der Waals surface area contributed by atoms with E-state index in [4.69, 9.17) is 0 Å². The summed E-state index contributed by atoms with van der Waals surface area (Å²) in [5.74, 6) is -0.0795. The smallest absolute Gasteiger partial charge is 0.255 e. The Labute approximate surface area is 195 Å². The zero-order valence-corrected chi connectivity index (χ0v) is 19.5. The zero-order chi connectivity index (χ0) is 22.9. The van der Waals surface area contributed by atoms with Gasteiger partial charge in [0.15, 0.2) is 0 Å². The average molecular weight is 439 g/mol. The van der Waals surface area contributed by atoms with Gasteiger partial charge in [-0.3, -0.25) is 4.79 Å². The molecule has 5 heteroatoms. The number of likely N-dealkylation sites (N-methyl/N-ethyl adjacent to an activating group) is 1. The third kappa shape index (κ3) is 4.24. The highest BCUT2D eigenvalue weighted by Crippen LogP contribution is 2.35. The number of aryl methyl sites for hydroxylation is 2. The number of fused-ring (bicyclic) bond motifs is 1. The van der Waals surface area contributed by atoms with Crippen molar-refractivity contribution in [2.24, 2.45) is 7.05 Å². The summed E-state index contributed by atoms with van der Waals surface area (Å²) in [6, 6.07) is 22.7. The molecule has 33 heavy (non-hydrogen) atoms. The molecule has 1 fully saturated rings. The molecule has 4 aromatic rings. The Morgan fingerprint density at radius 3 is 2.45 bits per heavy atom. The third-order valence-corrected chi connectivity index (χ3v) is 6.61. The topological polar surface area (TPSA) is 40.5 Å². The van der Waals surface area contributed by atoms with Gasteiger partial charge in [-0.25, -0.2) is 0 Å². The van der Waals surface area contributed by atoms with Gasteiger partial charge in [-0.1, -0.05) is 35.9 Å². The number of benzene rings is 3. The van der Waals surface area contributed by atoms with Gasteiger partial charge in [0.2, 0.25) is 0 Å². The first-order valence-corrected chi connectivity index (χ1v) is 11.5. The number of nitrogens with zero attached hydrogens (tertiary/aromatic N) is 3. The van der Waals surface area contributed by atoms with Crippen molar-refractivity contribution in [1.82, 2.24) is 9.47 Å². The summed E-state index contributed by atoms with van der Waals surface area (Å²) in [6.45, 7) is 5.91. The Kier molecular flexibility index (Phi) is 5.65. The van der Waals surface area contributed by atoms with Crippen molar-refractivity contribution >= 4 is 28.2 Å². The Morgan fingerprint density at radius 1 is 0.879 bits per heavy atom. The summed E-state index contributed by atoms with van der Waals surface area (Å²) in [5.41, 5.74) is 7.15. The van der Waals surface area contributed by atoms with Crippen LogP contribution in [0.4, 0.5) is 11.4 Å². The molecule has 1 N–H and O–H groups in total. The van der Waals surface area contributed by atoms with Crippen LogP contribution in [0, 0.1) is 6.92 Å². The molecule has 1 saturated heterocycles. The third-order valence-electron chi connectivity index (χ3n) is 6.61. The van der Waals surface area contributed by atoms with Crippen LogP contribution in [0.15, 0.2) is 72.9 Å². The Hall–Kier alpha value is -3.57. The van der Waals surface area contributed by atoms with E-state index in [0.29, 0.717) is 5.56 Å². The molecule has 0 saturated carbocycles. The van der Waals surface area contributed by atoms with Gasteiger partial charge in [-0.2, -0.15) is 0 Å². The molecule has 0 bridgehead atoms. The number of piperazine rings is 1. The number of carbonyl (C=O) groups is 1. The molecule has 168 valence electrons. The van der Waals surface area contributed by atoms with Gasteiger partial charge in [0.1, 0.15) is 0 Å². The van der Waals surface area contributed by atoms with E-state index in [1.165, 1.54) is 16.5 Å². The van der Waals surface area contributed by atoms with Crippen LogP contribution in [-0.4, -0.2) is 48.6 Å². The lowest BCUT2D eigenvalue weighted by atomic mass is 10.00. The van der Waals surface area contributed by atoms with Gasteiger partial charge in [0.25, 0.3) is 5.91 Å². The lowest BCUT2D eigenvalue weighted by Crippen LogP contribution is -2.44. The highest BCUT2D eigenvalue weighted by molar-refractivity contribution is 6.07. The van der Waals surface area contributed by atoms with Gasteiger partial charge in [0, 0.05) is 55.9 Å².